The molecule has 5 N–H and O–H groups in total. The summed E-state index contributed by atoms with van der Waals surface area (Å²) in [7, 11) is 0. The number of carbonyl (C=O) groups is 2. The average molecular weight is 396 g/mol. The molecule has 0 fully saturated rings. The van der Waals surface area contributed by atoms with E-state index in [1.807, 2.05) is 13.8 Å². The first-order chi connectivity index (χ1) is 13.9. The summed E-state index contributed by atoms with van der Waals surface area (Å²) in [5.41, 5.74) is 14.7. The zero-order valence-corrected chi connectivity index (χ0v) is 16.4. The summed E-state index contributed by atoms with van der Waals surface area (Å²) in [4.78, 5) is 28.3. The van der Waals surface area contributed by atoms with Crippen LogP contribution in [-0.4, -0.2) is 39.6 Å². The van der Waals surface area contributed by atoms with Crippen LogP contribution in [0.5, 0.6) is 5.75 Å². The van der Waals surface area contributed by atoms with Crippen LogP contribution in [0.1, 0.15) is 33.7 Å². The van der Waals surface area contributed by atoms with E-state index < -0.39 is 5.91 Å². The second-order valence-electron chi connectivity index (χ2n) is 6.63. The van der Waals surface area contributed by atoms with Gasteiger partial charge in [-0.05, 0) is 50.1 Å². The number of hydrogen-bond acceptors (Lipinski definition) is 6. The first-order valence-electron chi connectivity index (χ1n) is 9.27. The van der Waals surface area contributed by atoms with Gasteiger partial charge in [-0.2, -0.15) is 5.10 Å². The maximum absolute atomic E-state index is 12.4. The number of aryl methyl sites for hydroxylation is 2. The van der Waals surface area contributed by atoms with Gasteiger partial charge in [0.25, 0.3) is 5.91 Å². The molecule has 9 heteroatoms. The molecule has 0 atom stereocenters. The molecule has 152 valence electrons. The molecule has 0 aliphatic carbocycles. The van der Waals surface area contributed by atoms with Crippen LogP contribution in [0.25, 0.3) is 5.65 Å². The number of benzene rings is 1. The fraction of sp³-hybridized carbons (Fsp3) is 0.300. The van der Waals surface area contributed by atoms with E-state index in [0.29, 0.717) is 36.7 Å². The molecule has 0 radical (unpaired) electrons. The number of aromatic nitrogens is 3. The highest BCUT2D eigenvalue weighted by Gasteiger charge is 2.17. The van der Waals surface area contributed by atoms with Crippen molar-refractivity contribution >= 4 is 23.1 Å². The second-order valence-corrected chi connectivity index (χ2v) is 6.63. The minimum absolute atomic E-state index is 0.113. The third-order valence-electron chi connectivity index (χ3n) is 4.60. The molecular weight excluding hydrogens is 372 g/mol. The van der Waals surface area contributed by atoms with E-state index in [4.69, 9.17) is 16.2 Å². The standard InChI is InChI=1S/C20H24N6O3/c1-12-16(13(2)26-20(24-12)17(11-23-26)19(22)28)7-8-18(27)25-14-3-5-15(6-4-14)29-10-9-21/h3-6,11H,7-10,21H2,1-2H3,(H2,22,28)(H,25,27). The summed E-state index contributed by atoms with van der Waals surface area (Å²) >= 11 is 0. The lowest BCUT2D eigenvalue weighted by molar-refractivity contribution is -0.116. The van der Waals surface area contributed by atoms with Crippen LogP contribution in [0, 0.1) is 13.8 Å². The number of rotatable bonds is 8. The van der Waals surface area contributed by atoms with Gasteiger partial charge in [0.2, 0.25) is 5.91 Å². The number of nitrogens with one attached hydrogen (secondary N) is 1. The molecule has 0 bridgehead atoms. The highest BCUT2D eigenvalue weighted by Crippen LogP contribution is 2.19. The molecule has 2 heterocycles. The van der Waals surface area contributed by atoms with Crippen LogP contribution >= 0.6 is 0 Å². The Bertz CT molecular complexity index is 1040. The van der Waals surface area contributed by atoms with Crippen LogP contribution in [0.15, 0.2) is 30.5 Å². The molecule has 1 aromatic carbocycles. The summed E-state index contributed by atoms with van der Waals surface area (Å²) in [6.45, 7) is 4.62. The lowest BCUT2D eigenvalue weighted by atomic mass is 10.1. The molecule has 3 aromatic rings. The number of fused-ring (bicyclic) bond motifs is 1. The molecule has 2 amide bonds. The van der Waals surface area contributed by atoms with Crippen LogP contribution in [0.4, 0.5) is 5.69 Å². The Hall–Kier alpha value is -3.46. The fourth-order valence-corrected chi connectivity index (χ4v) is 3.12. The minimum Gasteiger partial charge on any atom is -0.492 e. The van der Waals surface area contributed by atoms with Crippen molar-refractivity contribution < 1.29 is 14.3 Å². The van der Waals surface area contributed by atoms with E-state index in [0.717, 1.165) is 17.0 Å². The van der Waals surface area contributed by atoms with Gasteiger partial charge in [-0.25, -0.2) is 9.50 Å². The Morgan fingerprint density at radius 2 is 1.93 bits per heavy atom. The number of anilines is 1. The second kappa shape index (κ2) is 8.70. The minimum atomic E-state index is -0.571. The highest BCUT2D eigenvalue weighted by molar-refractivity contribution is 5.98. The molecule has 0 saturated heterocycles. The number of hydrogen-bond donors (Lipinski definition) is 3. The summed E-state index contributed by atoms with van der Waals surface area (Å²) in [5.74, 6) is 0.0179. The SMILES string of the molecule is Cc1nc2c(C(N)=O)cnn2c(C)c1CCC(=O)Nc1ccc(OCCN)cc1. The predicted molar refractivity (Wildman–Crippen MR) is 109 cm³/mol. The van der Waals surface area contributed by atoms with Gasteiger partial charge >= 0.3 is 0 Å². The van der Waals surface area contributed by atoms with Crippen molar-refractivity contribution in [3.8, 4) is 5.75 Å². The number of nitrogens with zero attached hydrogens (tertiary/aromatic N) is 3. The van der Waals surface area contributed by atoms with E-state index in [9.17, 15) is 9.59 Å². The monoisotopic (exact) mass is 396 g/mol. The highest BCUT2D eigenvalue weighted by atomic mass is 16.5. The van der Waals surface area contributed by atoms with Crippen LogP contribution in [-0.2, 0) is 11.2 Å². The van der Waals surface area contributed by atoms with Gasteiger partial charge in [0.1, 0.15) is 17.9 Å². The zero-order valence-electron chi connectivity index (χ0n) is 16.4. The summed E-state index contributed by atoms with van der Waals surface area (Å²) in [6.07, 6.45) is 2.19. The number of amides is 2. The summed E-state index contributed by atoms with van der Waals surface area (Å²) in [5, 5.41) is 7.07. The molecule has 3 rings (SSSR count). The topological polar surface area (TPSA) is 138 Å². The van der Waals surface area contributed by atoms with Crippen molar-refractivity contribution in [2.45, 2.75) is 26.7 Å². The van der Waals surface area contributed by atoms with Crippen molar-refractivity contribution in [3.05, 3.63) is 53.0 Å². The van der Waals surface area contributed by atoms with Gasteiger partial charge in [0.15, 0.2) is 5.65 Å². The molecule has 0 aliphatic heterocycles. The molecule has 29 heavy (non-hydrogen) atoms. The number of nitrogens with two attached hydrogens (primary N) is 2. The van der Waals surface area contributed by atoms with Crippen LogP contribution < -0.4 is 21.5 Å². The molecular formula is C20H24N6O3. The molecule has 0 unspecified atom stereocenters. The van der Waals surface area contributed by atoms with E-state index >= 15 is 0 Å². The van der Waals surface area contributed by atoms with Gasteiger partial charge in [-0.3, -0.25) is 9.59 Å². The van der Waals surface area contributed by atoms with E-state index in [1.54, 1.807) is 28.8 Å². The fourth-order valence-electron chi connectivity index (χ4n) is 3.12. The normalized spacial score (nSPS) is 10.9. The lowest BCUT2D eigenvalue weighted by Gasteiger charge is -2.12. The molecule has 0 saturated carbocycles. The quantitative estimate of drug-likeness (QED) is 0.525. The number of carbonyl (C=O) groups excluding carboxylic acids is 2. The Morgan fingerprint density at radius 3 is 2.59 bits per heavy atom. The molecule has 2 aromatic heterocycles. The van der Waals surface area contributed by atoms with Crippen molar-refractivity contribution in [2.24, 2.45) is 11.5 Å². The van der Waals surface area contributed by atoms with E-state index in [1.165, 1.54) is 6.20 Å². The largest absolute Gasteiger partial charge is 0.492 e. The summed E-state index contributed by atoms with van der Waals surface area (Å²) in [6, 6.07) is 7.13. The molecule has 0 spiro atoms. The van der Waals surface area contributed by atoms with Gasteiger partial charge < -0.3 is 21.5 Å². The van der Waals surface area contributed by atoms with Crippen molar-refractivity contribution in [1.82, 2.24) is 14.6 Å². The zero-order chi connectivity index (χ0) is 21.0. The average Bonchev–Trinajstić information content (AvgIpc) is 3.11. The maximum Gasteiger partial charge on any atom is 0.254 e. The lowest BCUT2D eigenvalue weighted by Crippen LogP contribution is -2.15. The predicted octanol–water partition coefficient (Wildman–Crippen LogP) is 1.35. The van der Waals surface area contributed by atoms with Gasteiger partial charge in [-0.1, -0.05) is 0 Å². The maximum atomic E-state index is 12.4. The molecule has 0 aliphatic rings. The van der Waals surface area contributed by atoms with Crippen molar-refractivity contribution in [1.29, 1.82) is 0 Å². The Balaban J connectivity index is 1.67. The molecule has 9 nitrogen and oxygen atoms in total. The first-order valence-corrected chi connectivity index (χ1v) is 9.27. The van der Waals surface area contributed by atoms with Gasteiger partial charge in [0.05, 0.1) is 6.20 Å². The van der Waals surface area contributed by atoms with E-state index in [-0.39, 0.29) is 17.9 Å². The van der Waals surface area contributed by atoms with Gasteiger partial charge in [0, 0.05) is 30.0 Å². The van der Waals surface area contributed by atoms with Crippen molar-refractivity contribution in [2.75, 3.05) is 18.5 Å². The first kappa shape index (κ1) is 20.3. The Labute approximate surface area is 168 Å². The van der Waals surface area contributed by atoms with E-state index in [2.05, 4.69) is 15.4 Å². The number of ether oxygens (including phenoxy) is 1. The Morgan fingerprint density at radius 1 is 1.21 bits per heavy atom. The van der Waals surface area contributed by atoms with Crippen LogP contribution in [0.2, 0.25) is 0 Å². The smallest absolute Gasteiger partial charge is 0.254 e. The summed E-state index contributed by atoms with van der Waals surface area (Å²) < 4.78 is 7.00. The third-order valence-corrected chi connectivity index (χ3v) is 4.60. The number of primary amides is 1. The van der Waals surface area contributed by atoms with Gasteiger partial charge in [-0.15, -0.1) is 0 Å². The Kier molecular flexibility index (Phi) is 6.08. The van der Waals surface area contributed by atoms with Crippen LogP contribution in [0.3, 0.4) is 0 Å². The van der Waals surface area contributed by atoms with Crippen molar-refractivity contribution in [3.63, 3.8) is 0 Å². The third kappa shape index (κ3) is 4.52.